The maximum Gasteiger partial charge on any atom is 0.255 e. The molecule has 6 nitrogen and oxygen atoms in total. The van der Waals surface area contributed by atoms with Crippen LogP contribution in [0.2, 0.25) is 0 Å². The Bertz CT molecular complexity index is 525. The molecule has 0 N–H and O–H groups in total. The Labute approximate surface area is 144 Å². The van der Waals surface area contributed by atoms with Gasteiger partial charge in [0.1, 0.15) is 6.61 Å². The Kier molecular flexibility index (Phi) is 6.57. The third-order valence-electron chi connectivity index (χ3n) is 3.86. The second kappa shape index (κ2) is 8.44. The molecule has 1 aliphatic heterocycles. The second-order valence-corrected chi connectivity index (χ2v) is 7.14. The fourth-order valence-corrected chi connectivity index (χ4v) is 2.52. The van der Waals surface area contributed by atoms with E-state index in [0.29, 0.717) is 24.7 Å². The molecule has 0 aromatic carbocycles. The summed E-state index contributed by atoms with van der Waals surface area (Å²) < 4.78 is 11.1. The molecule has 1 fully saturated rings. The predicted octanol–water partition coefficient (Wildman–Crippen LogP) is 2.05. The van der Waals surface area contributed by atoms with Crippen LogP contribution in [0, 0.1) is 0 Å². The van der Waals surface area contributed by atoms with Gasteiger partial charge in [-0.15, -0.1) is 0 Å². The molecule has 1 aromatic heterocycles. The van der Waals surface area contributed by atoms with E-state index in [0.717, 1.165) is 32.6 Å². The normalized spacial score (nSPS) is 16.8. The van der Waals surface area contributed by atoms with Crippen LogP contribution >= 0.6 is 0 Å². The number of hydrogen-bond acceptors (Lipinski definition) is 5. The highest BCUT2D eigenvalue weighted by Gasteiger charge is 2.19. The summed E-state index contributed by atoms with van der Waals surface area (Å²) in [5.74, 6) is 0.556. The van der Waals surface area contributed by atoms with E-state index in [-0.39, 0.29) is 11.5 Å². The zero-order valence-corrected chi connectivity index (χ0v) is 15.2. The van der Waals surface area contributed by atoms with Crippen molar-refractivity contribution in [2.24, 2.45) is 0 Å². The number of nitrogens with zero attached hydrogens (tertiary/aromatic N) is 3. The second-order valence-electron chi connectivity index (χ2n) is 7.14. The fraction of sp³-hybridized carbons (Fsp3) is 0.667. The Balaban J connectivity index is 1.83. The van der Waals surface area contributed by atoms with Gasteiger partial charge < -0.3 is 19.3 Å². The molecule has 1 aliphatic rings. The Morgan fingerprint density at radius 2 is 1.96 bits per heavy atom. The maximum absolute atomic E-state index is 12.5. The summed E-state index contributed by atoms with van der Waals surface area (Å²) in [4.78, 5) is 20.9. The van der Waals surface area contributed by atoms with Crippen LogP contribution < -0.4 is 4.74 Å². The number of hydrogen-bond donors (Lipinski definition) is 0. The van der Waals surface area contributed by atoms with E-state index in [4.69, 9.17) is 9.47 Å². The molecule has 0 saturated carbocycles. The van der Waals surface area contributed by atoms with Gasteiger partial charge >= 0.3 is 0 Å². The Hall–Kier alpha value is -1.66. The first-order chi connectivity index (χ1) is 11.3. The number of ether oxygens (including phenoxy) is 2. The molecule has 1 aromatic rings. The molecule has 134 valence electrons. The number of aromatic nitrogens is 1. The Morgan fingerprint density at radius 3 is 2.62 bits per heavy atom. The minimum Gasteiger partial charge on any atom is -0.475 e. The number of pyridine rings is 1. The van der Waals surface area contributed by atoms with Crippen molar-refractivity contribution in [1.29, 1.82) is 0 Å². The molecular formula is C18H29N3O3. The standard InChI is InChI=1S/C18H29N3O3/c1-18(2,3)24-13-12-23-16-7-6-15(14-19-16)17(22)21-9-5-8-20(4)10-11-21/h6-7,14H,5,8-13H2,1-4H3. The number of likely N-dealkylation sites (N-methyl/N-ethyl adjacent to an activating group) is 1. The molecular weight excluding hydrogens is 306 g/mol. The van der Waals surface area contributed by atoms with Crippen LogP contribution in [0.5, 0.6) is 5.88 Å². The van der Waals surface area contributed by atoms with E-state index >= 15 is 0 Å². The molecule has 1 amide bonds. The average molecular weight is 335 g/mol. The van der Waals surface area contributed by atoms with Gasteiger partial charge in [0, 0.05) is 31.9 Å². The van der Waals surface area contributed by atoms with Crippen LogP contribution in [0.3, 0.4) is 0 Å². The molecule has 24 heavy (non-hydrogen) atoms. The highest BCUT2D eigenvalue weighted by molar-refractivity contribution is 5.94. The number of carbonyl (C=O) groups excluding carboxylic acids is 1. The lowest BCUT2D eigenvalue weighted by molar-refractivity contribution is -0.0168. The van der Waals surface area contributed by atoms with Gasteiger partial charge in [0.2, 0.25) is 5.88 Å². The molecule has 0 radical (unpaired) electrons. The van der Waals surface area contributed by atoms with Crippen molar-refractivity contribution in [2.75, 3.05) is 46.4 Å². The van der Waals surface area contributed by atoms with Crippen LogP contribution in [0.1, 0.15) is 37.6 Å². The van der Waals surface area contributed by atoms with Gasteiger partial charge in [0.25, 0.3) is 5.91 Å². The van der Waals surface area contributed by atoms with Crippen molar-refractivity contribution in [3.8, 4) is 5.88 Å². The fourth-order valence-electron chi connectivity index (χ4n) is 2.52. The van der Waals surface area contributed by atoms with E-state index in [1.807, 2.05) is 25.7 Å². The van der Waals surface area contributed by atoms with Crippen LogP contribution in [0.15, 0.2) is 18.3 Å². The van der Waals surface area contributed by atoms with Gasteiger partial charge in [-0.2, -0.15) is 0 Å². The van der Waals surface area contributed by atoms with Crippen molar-refractivity contribution in [3.63, 3.8) is 0 Å². The van der Waals surface area contributed by atoms with Gasteiger partial charge in [-0.3, -0.25) is 4.79 Å². The zero-order valence-electron chi connectivity index (χ0n) is 15.2. The first-order valence-corrected chi connectivity index (χ1v) is 8.56. The summed E-state index contributed by atoms with van der Waals surface area (Å²) in [7, 11) is 2.09. The first-order valence-electron chi connectivity index (χ1n) is 8.56. The molecule has 1 saturated heterocycles. The van der Waals surface area contributed by atoms with E-state index < -0.39 is 0 Å². The third-order valence-corrected chi connectivity index (χ3v) is 3.86. The summed E-state index contributed by atoms with van der Waals surface area (Å²) in [6, 6.07) is 3.53. The third kappa shape index (κ3) is 6.09. The smallest absolute Gasteiger partial charge is 0.255 e. The largest absolute Gasteiger partial charge is 0.475 e. The van der Waals surface area contributed by atoms with Crippen LogP contribution in [-0.2, 0) is 4.74 Å². The monoisotopic (exact) mass is 335 g/mol. The van der Waals surface area contributed by atoms with Crippen molar-refractivity contribution < 1.29 is 14.3 Å². The molecule has 6 heteroatoms. The van der Waals surface area contributed by atoms with E-state index in [9.17, 15) is 4.79 Å². The highest BCUT2D eigenvalue weighted by atomic mass is 16.5. The van der Waals surface area contributed by atoms with Gasteiger partial charge in [-0.1, -0.05) is 0 Å². The van der Waals surface area contributed by atoms with Crippen LogP contribution in [-0.4, -0.2) is 72.7 Å². The molecule has 0 bridgehead atoms. The molecule has 0 aliphatic carbocycles. The summed E-state index contributed by atoms with van der Waals surface area (Å²) in [6.07, 6.45) is 2.60. The van der Waals surface area contributed by atoms with E-state index in [1.165, 1.54) is 0 Å². The first kappa shape index (κ1) is 18.7. The van der Waals surface area contributed by atoms with Gasteiger partial charge in [-0.25, -0.2) is 4.98 Å². The van der Waals surface area contributed by atoms with Gasteiger partial charge in [0.15, 0.2) is 0 Å². The molecule has 2 rings (SSSR count). The lowest BCUT2D eigenvalue weighted by Crippen LogP contribution is -2.34. The lowest BCUT2D eigenvalue weighted by Gasteiger charge is -2.20. The van der Waals surface area contributed by atoms with Crippen molar-refractivity contribution in [2.45, 2.75) is 32.8 Å². The summed E-state index contributed by atoms with van der Waals surface area (Å²) in [6.45, 7) is 10.5. The predicted molar refractivity (Wildman–Crippen MR) is 93.5 cm³/mol. The summed E-state index contributed by atoms with van der Waals surface area (Å²) in [5, 5.41) is 0. The van der Waals surface area contributed by atoms with Gasteiger partial charge in [-0.05, 0) is 46.9 Å². The topological polar surface area (TPSA) is 54.9 Å². The molecule has 0 atom stereocenters. The average Bonchev–Trinajstić information content (AvgIpc) is 2.75. The summed E-state index contributed by atoms with van der Waals surface area (Å²) in [5.41, 5.74) is 0.437. The number of carbonyl (C=O) groups is 1. The number of rotatable bonds is 5. The Morgan fingerprint density at radius 1 is 1.17 bits per heavy atom. The minimum absolute atomic E-state index is 0.0421. The van der Waals surface area contributed by atoms with Crippen LogP contribution in [0.25, 0.3) is 0 Å². The molecule has 0 unspecified atom stereocenters. The molecule has 0 spiro atoms. The van der Waals surface area contributed by atoms with Crippen molar-refractivity contribution in [3.05, 3.63) is 23.9 Å². The lowest BCUT2D eigenvalue weighted by atomic mass is 10.2. The zero-order chi connectivity index (χ0) is 17.6. The van der Waals surface area contributed by atoms with E-state index in [1.54, 1.807) is 18.3 Å². The van der Waals surface area contributed by atoms with Crippen molar-refractivity contribution in [1.82, 2.24) is 14.8 Å². The molecule has 2 heterocycles. The van der Waals surface area contributed by atoms with Gasteiger partial charge in [0.05, 0.1) is 17.8 Å². The summed E-state index contributed by atoms with van der Waals surface area (Å²) >= 11 is 0. The quantitative estimate of drug-likeness (QED) is 0.771. The number of amides is 1. The van der Waals surface area contributed by atoms with Crippen molar-refractivity contribution >= 4 is 5.91 Å². The highest BCUT2D eigenvalue weighted by Crippen LogP contribution is 2.12. The van der Waals surface area contributed by atoms with E-state index in [2.05, 4.69) is 16.9 Å². The minimum atomic E-state index is -0.172. The van der Waals surface area contributed by atoms with Crippen LogP contribution in [0.4, 0.5) is 0 Å². The maximum atomic E-state index is 12.5. The SMILES string of the molecule is CN1CCCN(C(=O)c2ccc(OCCOC(C)(C)C)nc2)CC1.